The van der Waals surface area contributed by atoms with Gasteiger partial charge in [-0.2, -0.15) is 0 Å². The molecule has 0 fully saturated rings. The van der Waals surface area contributed by atoms with Gasteiger partial charge in [-0.15, -0.1) is 0 Å². The Hall–Kier alpha value is -0.300. The predicted molar refractivity (Wildman–Crippen MR) is 102 cm³/mol. The summed E-state index contributed by atoms with van der Waals surface area (Å²) in [5, 5.41) is 0. The third-order valence-electron chi connectivity index (χ3n) is 4.29. The number of allylic oxidation sites excluding steroid dienone is 1. The summed E-state index contributed by atoms with van der Waals surface area (Å²) in [6.45, 7) is 3.44. The first kappa shape index (κ1) is 21.7. The number of hydrogen-bond donors (Lipinski definition) is 0. The van der Waals surface area contributed by atoms with Crippen LogP contribution in [0.3, 0.4) is 0 Å². The molecule has 0 radical (unpaired) electrons. The second-order valence-corrected chi connectivity index (χ2v) is 7.98. The molecule has 0 aliphatic heterocycles. The van der Waals surface area contributed by atoms with Crippen LogP contribution in [0.5, 0.6) is 0 Å². The normalized spacial score (nSPS) is 12.4. The molecule has 0 amide bonds. The fourth-order valence-electron chi connectivity index (χ4n) is 2.79. The molecule has 132 valence electrons. The average molecular weight is 311 g/mol. The van der Waals surface area contributed by atoms with E-state index in [0.29, 0.717) is 0 Å². The van der Waals surface area contributed by atoms with Crippen LogP contribution in [0.1, 0.15) is 96.8 Å². The Kier molecular flexibility index (Phi) is 15.4. The van der Waals surface area contributed by atoms with Gasteiger partial charge in [-0.25, -0.2) is 0 Å². The molecule has 22 heavy (non-hydrogen) atoms. The highest BCUT2D eigenvalue weighted by molar-refractivity contribution is 4.81. The molecule has 0 saturated heterocycles. The molecular formula is C21H44N+. The maximum atomic E-state index is 2.38. The van der Waals surface area contributed by atoms with Crippen LogP contribution in [0.25, 0.3) is 0 Å². The number of rotatable bonds is 16. The summed E-state index contributed by atoms with van der Waals surface area (Å²) in [6, 6.07) is 0. The Labute approximate surface area is 141 Å². The molecule has 0 heterocycles. The zero-order valence-corrected chi connectivity index (χ0v) is 16.2. The first-order valence-corrected chi connectivity index (χ1v) is 10.0. The van der Waals surface area contributed by atoms with Crippen molar-refractivity contribution >= 4 is 0 Å². The first-order valence-electron chi connectivity index (χ1n) is 10.0. The Bertz CT molecular complexity index is 237. The zero-order chi connectivity index (χ0) is 16.5. The van der Waals surface area contributed by atoms with Gasteiger partial charge in [0.05, 0.1) is 27.7 Å². The molecule has 0 atom stereocenters. The SMILES string of the molecule is CCCCCCCCCCCCCCC/C=C/C[N+](C)(C)C. The van der Waals surface area contributed by atoms with Gasteiger partial charge in [0.2, 0.25) is 0 Å². The van der Waals surface area contributed by atoms with Crippen molar-refractivity contribution in [2.24, 2.45) is 0 Å². The first-order chi connectivity index (χ1) is 10.6. The summed E-state index contributed by atoms with van der Waals surface area (Å²) in [5.74, 6) is 0. The number of likely N-dealkylation sites (N-methyl/N-ethyl adjacent to an activating group) is 1. The van der Waals surface area contributed by atoms with Gasteiger partial charge in [0.25, 0.3) is 0 Å². The topological polar surface area (TPSA) is 0 Å². The summed E-state index contributed by atoms with van der Waals surface area (Å²) in [4.78, 5) is 0. The predicted octanol–water partition coefficient (Wildman–Crippen LogP) is 6.73. The highest BCUT2D eigenvalue weighted by Gasteiger charge is 2.01. The van der Waals surface area contributed by atoms with E-state index >= 15 is 0 Å². The lowest BCUT2D eigenvalue weighted by Gasteiger charge is -2.21. The summed E-state index contributed by atoms with van der Waals surface area (Å²) < 4.78 is 1.04. The largest absolute Gasteiger partial charge is 0.328 e. The molecule has 0 bridgehead atoms. The van der Waals surface area contributed by atoms with Crippen molar-refractivity contribution < 1.29 is 4.48 Å². The number of nitrogens with zero attached hydrogens (tertiary/aromatic N) is 1. The quantitative estimate of drug-likeness (QED) is 0.168. The van der Waals surface area contributed by atoms with Crippen LogP contribution in [0.15, 0.2) is 12.2 Å². The van der Waals surface area contributed by atoms with Gasteiger partial charge in [0.1, 0.15) is 0 Å². The lowest BCUT2D eigenvalue weighted by molar-refractivity contribution is -0.864. The molecule has 1 nitrogen and oxygen atoms in total. The second-order valence-electron chi connectivity index (χ2n) is 7.98. The van der Waals surface area contributed by atoms with Crippen LogP contribution < -0.4 is 0 Å². The van der Waals surface area contributed by atoms with E-state index in [9.17, 15) is 0 Å². The molecule has 0 rings (SSSR count). The van der Waals surface area contributed by atoms with Crippen molar-refractivity contribution in [2.75, 3.05) is 27.7 Å². The van der Waals surface area contributed by atoms with Crippen LogP contribution >= 0.6 is 0 Å². The lowest BCUT2D eigenvalue weighted by atomic mass is 10.0. The maximum Gasteiger partial charge on any atom is 0.0967 e. The van der Waals surface area contributed by atoms with Crippen LogP contribution in [0.2, 0.25) is 0 Å². The van der Waals surface area contributed by atoms with Crippen molar-refractivity contribution in [1.29, 1.82) is 0 Å². The van der Waals surface area contributed by atoms with E-state index in [2.05, 4.69) is 40.2 Å². The molecule has 0 aliphatic rings. The maximum absolute atomic E-state index is 2.38. The summed E-state index contributed by atoms with van der Waals surface area (Å²) in [7, 11) is 6.74. The fourth-order valence-corrected chi connectivity index (χ4v) is 2.79. The van der Waals surface area contributed by atoms with E-state index in [0.717, 1.165) is 11.0 Å². The van der Waals surface area contributed by atoms with Gasteiger partial charge in [-0.05, 0) is 18.9 Å². The van der Waals surface area contributed by atoms with Gasteiger partial charge in [0.15, 0.2) is 0 Å². The minimum atomic E-state index is 1.04. The number of hydrogen-bond acceptors (Lipinski definition) is 0. The van der Waals surface area contributed by atoms with Crippen molar-refractivity contribution in [3.63, 3.8) is 0 Å². The third-order valence-corrected chi connectivity index (χ3v) is 4.29. The van der Waals surface area contributed by atoms with Crippen LogP contribution in [-0.2, 0) is 0 Å². The second kappa shape index (κ2) is 15.6. The summed E-state index contributed by atoms with van der Waals surface area (Å²) >= 11 is 0. The van der Waals surface area contributed by atoms with Crippen LogP contribution in [0, 0.1) is 0 Å². The van der Waals surface area contributed by atoms with E-state index in [4.69, 9.17) is 0 Å². The van der Waals surface area contributed by atoms with Crippen LogP contribution in [0.4, 0.5) is 0 Å². The highest BCUT2D eigenvalue weighted by atomic mass is 15.3. The van der Waals surface area contributed by atoms with Crippen LogP contribution in [-0.4, -0.2) is 32.2 Å². The average Bonchev–Trinajstić information content (AvgIpc) is 2.45. The molecule has 0 saturated carbocycles. The molecule has 0 aromatic carbocycles. The number of quaternary nitrogens is 1. The number of unbranched alkanes of at least 4 members (excludes halogenated alkanes) is 13. The van der Waals surface area contributed by atoms with E-state index in [1.807, 2.05) is 0 Å². The molecule has 0 N–H and O–H groups in total. The molecule has 0 aromatic heterocycles. The highest BCUT2D eigenvalue weighted by Crippen LogP contribution is 2.13. The van der Waals surface area contributed by atoms with Crippen molar-refractivity contribution in [2.45, 2.75) is 96.8 Å². The van der Waals surface area contributed by atoms with E-state index < -0.39 is 0 Å². The Balaban J connectivity index is 3.08. The lowest BCUT2D eigenvalue weighted by Crippen LogP contribution is -2.34. The minimum Gasteiger partial charge on any atom is -0.328 e. The smallest absolute Gasteiger partial charge is 0.0967 e. The van der Waals surface area contributed by atoms with E-state index in [1.54, 1.807) is 0 Å². The van der Waals surface area contributed by atoms with Gasteiger partial charge in [-0.3, -0.25) is 0 Å². The van der Waals surface area contributed by atoms with Crippen molar-refractivity contribution in [3.05, 3.63) is 12.2 Å². The Morgan fingerprint density at radius 2 is 0.955 bits per heavy atom. The van der Waals surface area contributed by atoms with Crippen molar-refractivity contribution in [3.8, 4) is 0 Å². The zero-order valence-electron chi connectivity index (χ0n) is 16.2. The molecule has 0 spiro atoms. The van der Waals surface area contributed by atoms with E-state index in [1.165, 1.54) is 89.9 Å². The summed E-state index contributed by atoms with van der Waals surface area (Å²) in [5.41, 5.74) is 0. The molecular weight excluding hydrogens is 266 g/mol. The monoisotopic (exact) mass is 310 g/mol. The third kappa shape index (κ3) is 19.7. The molecule has 0 unspecified atom stereocenters. The molecule has 1 heteroatoms. The van der Waals surface area contributed by atoms with Gasteiger partial charge in [-0.1, -0.05) is 90.0 Å². The Morgan fingerprint density at radius 3 is 1.36 bits per heavy atom. The summed E-state index contributed by atoms with van der Waals surface area (Å²) in [6.07, 6.45) is 24.8. The van der Waals surface area contributed by atoms with Gasteiger partial charge >= 0.3 is 0 Å². The molecule has 0 aromatic rings. The standard InChI is InChI=1S/C21H44N/c1-5-6-7-8-9-10-11-12-13-14-15-16-17-18-19-20-21-22(2,3)4/h19-20H,5-18,21H2,1-4H3/q+1/b20-19+. The van der Waals surface area contributed by atoms with Gasteiger partial charge < -0.3 is 4.48 Å². The molecule has 0 aliphatic carbocycles. The minimum absolute atomic E-state index is 1.04. The van der Waals surface area contributed by atoms with E-state index in [-0.39, 0.29) is 0 Å². The van der Waals surface area contributed by atoms with Crippen molar-refractivity contribution in [1.82, 2.24) is 0 Å². The van der Waals surface area contributed by atoms with Gasteiger partial charge in [0, 0.05) is 0 Å². The Morgan fingerprint density at radius 1 is 0.545 bits per heavy atom. The fraction of sp³-hybridized carbons (Fsp3) is 0.905.